The van der Waals surface area contributed by atoms with E-state index in [1.54, 1.807) is 0 Å². The van der Waals surface area contributed by atoms with E-state index >= 15 is 0 Å². The van der Waals surface area contributed by atoms with Crippen molar-refractivity contribution in [2.45, 2.75) is 45.3 Å². The molecule has 0 radical (unpaired) electrons. The minimum atomic E-state index is -0.735. The zero-order chi connectivity index (χ0) is 15.7. The molecule has 118 valence electrons. The summed E-state index contributed by atoms with van der Waals surface area (Å²) in [4.78, 5) is 3.54. The van der Waals surface area contributed by atoms with Crippen molar-refractivity contribution in [2.24, 2.45) is 0 Å². The summed E-state index contributed by atoms with van der Waals surface area (Å²) in [5, 5.41) is 15.3. The maximum absolute atomic E-state index is 11.1. The van der Waals surface area contributed by atoms with Gasteiger partial charge in [0.25, 0.3) is 0 Å². The molecule has 0 saturated carbocycles. The number of hydrogen-bond acceptors (Lipinski definition) is 5. The standard InChI is InChI=1S/C17H23N3OS/c1-12(2)16-15(22-19-18-16)10-20-9-8-17(21,11-20)14-7-5-4-6-13(14)3/h4-7,12,21H,8-11H2,1-3H3. The van der Waals surface area contributed by atoms with E-state index in [9.17, 15) is 5.11 Å². The number of aryl methyl sites for hydroxylation is 1. The van der Waals surface area contributed by atoms with Crippen molar-refractivity contribution < 1.29 is 5.11 Å². The molecule has 0 amide bonds. The van der Waals surface area contributed by atoms with Crippen molar-refractivity contribution in [3.63, 3.8) is 0 Å². The van der Waals surface area contributed by atoms with E-state index in [2.05, 4.69) is 41.3 Å². The molecular formula is C17H23N3OS. The maximum Gasteiger partial charge on any atom is 0.104 e. The average Bonchev–Trinajstić information content (AvgIpc) is 3.07. The van der Waals surface area contributed by atoms with Gasteiger partial charge in [0.15, 0.2) is 0 Å². The van der Waals surface area contributed by atoms with Crippen LogP contribution in [0.5, 0.6) is 0 Å². The number of aromatic nitrogens is 2. The molecule has 22 heavy (non-hydrogen) atoms. The first-order valence-corrected chi connectivity index (χ1v) is 8.59. The van der Waals surface area contributed by atoms with Gasteiger partial charge in [0.2, 0.25) is 0 Å². The van der Waals surface area contributed by atoms with Gasteiger partial charge in [-0.1, -0.05) is 42.6 Å². The molecule has 5 heteroatoms. The average molecular weight is 317 g/mol. The highest BCUT2D eigenvalue weighted by Gasteiger charge is 2.38. The van der Waals surface area contributed by atoms with Crippen LogP contribution in [0, 0.1) is 6.92 Å². The summed E-state index contributed by atoms with van der Waals surface area (Å²) in [5.41, 5.74) is 2.58. The molecule has 1 aromatic carbocycles. The van der Waals surface area contributed by atoms with Crippen molar-refractivity contribution in [2.75, 3.05) is 13.1 Å². The molecule has 1 unspecified atom stereocenters. The van der Waals surface area contributed by atoms with Gasteiger partial charge in [-0.25, -0.2) is 0 Å². The Hall–Kier alpha value is -1.30. The molecule has 2 heterocycles. The van der Waals surface area contributed by atoms with Crippen LogP contribution in [0.1, 0.15) is 47.9 Å². The summed E-state index contributed by atoms with van der Waals surface area (Å²) in [5.74, 6) is 0.395. The van der Waals surface area contributed by atoms with Crippen LogP contribution in [0.3, 0.4) is 0 Å². The normalized spacial score (nSPS) is 22.6. The molecule has 0 aliphatic carbocycles. The Morgan fingerprint density at radius 3 is 2.86 bits per heavy atom. The number of benzene rings is 1. The largest absolute Gasteiger partial charge is 0.384 e. The Kier molecular flexibility index (Phi) is 4.30. The first-order valence-electron chi connectivity index (χ1n) is 7.81. The summed E-state index contributed by atoms with van der Waals surface area (Å²) in [7, 11) is 0. The van der Waals surface area contributed by atoms with E-state index in [1.807, 2.05) is 18.2 Å². The molecule has 3 rings (SSSR count). The van der Waals surface area contributed by atoms with E-state index in [-0.39, 0.29) is 0 Å². The Balaban J connectivity index is 1.75. The van der Waals surface area contributed by atoms with E-state index in [0.717, 1.165) is 36.3 Å². The highest BCUT2D eigenvalue weighted by molar-refractivity contribution is 7.05. The second-order valence-electron chi connectivity index (χ2n) is 6.54. The second kappa shape index (κ2) is 6.07. The number of rotatable bonds is 4. The third-order valence-electron chi connectivity index (χ3n) is 4.47. The lowest BCUT2D eigenvalue weighted by molar-refractivity contribution is 0.0447. The number of likely N-dealkylation sites (tertiary alicyclic amines) is 1. The quantitative estimate of drug-likeness (QED) is 0.941. The fourth-order valence-electron chi connectivity index (χ4n) is 3.29. The Morgan fingerprint density at radius 1 is 1.36 bits per heavy atom. The molecular weight excluding hydrogens is 294 g/mol. The molecule has 0 spiro atoms. The van der Waals surface area contributed by atoms with Gasteiger partial charge in [0.1, 0.15) is 5.60 Å². The molecule has 1 fully saturated rings. The number of aliphatic hydroxyl groups is 1. The monoisotopic (exact) mass is 317 g/mol. The van der Waals surface area contributed by atoms with Crippen molar-refractivity contribution in [1.29, 1.82) is 0 Å². The van der Waals surface area contributed by atoms with E-state index < -0.39 is 5.60 Å². The molecule has 1 aliphatic heterocycles. The predicted molar refractivity (Wildman–Crippen MR) is 89.0 cm³/mol. The van der Waals surface area contributed by atoms with Crippen molar-refractivity contribution in [1.82, 2.24) is 14.5 Å². The number of hydrogen-bond donors (Lipinski definition) is 1. The molecule has 1 saturated heterocycles. The summed E-state index contributed by atoms with van der Waals surface area (Å²) >= 11 is 1.48. The van der Waals surface area contributed by atoms with Gasteiger partial charge in [-0.05, 0) is 41.9 Å². The van der Waals surface area contributed by atoms with Crippen LogP contribution in [-0.4, -0.2) is 32.7 Å². The zero-order valence-corrected chi connectivity index (χ0v) is 14.2. The fourth-order valence-corrected chi connectivity index (χ4v) is 4.13. The highest BCUT2D eigenvalue weighted by Crippen LogP contribution is 2.35. The van der Waals surface area contributed by atoms with Crippen LogP contribution in [0.2, 0.25) is 0 Å². The Labute approximate surface area is 136 Å². The first kappa shape index (κ1) is 15.6. The first-order chi connectivity index (χ1) is 10.5. The van der Waals surface area contributed by atoms with E-state index in [1.165, 1.54) is 16.4 Å². The van der Waals surface area contributed by atoms with Gasteiger partial charge in [-0.15, -0.1) is 5.10 Å². The molecule has 1 aliphatic rings. The third-order valence-corrected chi connectivity index (χ3v) is 5.19. The second-order valence-corrected chi connectivity index (χ2v) is 7.38. The molecule has 1 atom stereocenters. The Bertz CT molecular complexity index is 655. The topological polar surface area (TPSA) is 49.2 Å². The highest BCUT2D eigenvalue weighted by atomic mass is 32.1. The summed E-state index contributed by atoms with van der Waals surface area (Å²) in [6.07, 6.45) is 0.779. The Morgan fingerprint density at radius 2 is 2.14 bits per heavy atom. The SMILES string of the molecule is Cc1ccccc1C1(O)CCN(Cc2snnc2C(C)C)C1. The van der Waals surface area contributed by atoms with Crippen molar-refractivity contribution in [3.8, 4) is 0 Å². The minimum absolute atomic E-state index is 0.395. The summed E-state index contributed by atoms with van der Waals surface area (Å²) in [6.45, 7) is 8.77. The predicted octanol–water partition coefficient (Wildman–Crippen LogP) is 3.06. The van der Waals surface area contributed by atoms with E-state index in [4.69, 9.17) is 0 Å². The summed E-state index contributed by atoms with van der Waals surface area (Å²) in [6, 6.07) is 8.15. The van der Waals surface area contributed by atoms with Gasteiger partial charge in [0.05, 0.1) is 10.6 Å². The van der Waals surface area contributed by atoms with Crippen LogP contribution >= 0.6 is 11.5 Å². The minimum Gasteiger partial charge on any atom is -0.384 e. The molecule has 2 aromatic rings. The lowest BCUT2D eigenvalue weighted by Gasteiger charge is -2.25. The fraction of sp³-hybridized carbons (Fsp3) is 0.529. The molecule has 4 nitrogen and oxygen atoms in total. The summed E-state index contributed by atoms with van der Waals surface area (Å²) < 4.78 is 4.10. The third kappa shape index (κ3) is 2.93. The van der Waals surface area contributed by atoms with Crippen LogP contribution < -0.4 is 0 Å². The van der Waals surface area contributed by atoms with Crippen LogP contribution in [0.25, 0.3) is 0 Å². The smallest absolute Gasteiger partial charge is 0.104 e. The van der Waals surface area contributed by atoms with E-state index in [0.29, 0.717) is 12.5 Å². The number of β-amino-alcohol motifs (C(OH)–C–C–N with tert-alkyl or cyclic N) is 1. The van der Waals surface area contributed by atoms with Gasteiger partial charge in [-0.3, -0.25) is 4.90 Å². The lowest BCUT2D eigenvalue weighted by Crippen LogP contribution is -2.31. The van der Waals surface area contributed by atoms with Crippen LogP contribution in [0.15, 0.2) is 24.3 Å². The molecule has 0 bridgehead atoms. The van der Waals surface area contributed by atoms with Crippen LogP contribution in [-0.2, 0) is 12.1 Å². The number of nitrogens with zero attached hydrogens (tertiary/aromatic N) is 3. The van der Waals surface area contributed by atoms with Crippen LogP contribution in [0.4, 0.5) is 0 Å². The maximum atomic E-state index is 11.1. The lowest BCUT2D eigenvalue weighted by atomic mass is 9.89. The van der Waals surface area contributed by atoms with Crippen molar-refractivity contribution >= 4 is 11.5 Å². The van der Waals surface area contributed by atoms with Gasteiger partial charge < -0.3 is 5.11 Å². The van der Waals surface area contributed by atoms with Gasteiger partial charge >= 0.3 is 0 Å². The zero-order valence-electron chi connectivity index (χ0n) is 13.4. The van der Waals surface area contributed by atoms with Gasteiger partial charge in [-0.2, -0.15) is 0 Å². The molecule has 1 aromatic heterocycles. The van der Waals surface area contributed by atoms with Crippen molar-refractivity contribution in [3.05, 3.63) is 46.0 Å². The molecule has 1 N–H and O–H groups in total. The van der Waals surface area contributed by atoms with Gasteiger partial charge in [0, 0.05) is 19.6 Å².